The Kier molecular flexibility index (Phi) is 7.14. The maximum atomic E-state index is 13.1. The van der Waals surface area contributed by atoms with Crippen molar-refractivity contribution in [2.45, 2.75) is 63.4 Å². The third-order valence-electron chi connectivity index (χ3n) is 8.23. The van der Waals surface area contributed by atoms with Crippen molar-refractivity contribution in [3.63, 3.8) is 0 Å². The molecule has 4 N–H and O–H groups in total. The van der Waals surface area contributed by atoms with Crippen molar-refractivity contribution >= 4 is 21.7 Å². The van der Waals surface area contributed by atoms with E-state index in [0.29, 0.717) is 31.8 Å². The highest BCUT2D eigenvalue weighted by Gasteiger charge is 2.31. The average molecular weight is 564 g/mol. The zero-order chi connectivity index (χ0) is 27.9. The molecule has 3 aromatic rings. The zero-order valence-electron chi connectivity index (χ0n) is 23.1. The van der Waals surface area contributed by atoms with Gasteiger partial charge in [-0.05, 0) is 67.8 Å². The fourth-order valence-electron chi connectivity index (χ4n) is 5.93. The second-order valence-electron chi connectivity index (χ2n) is 11.8. The molecule has 0 spiro atoms. The molecule has 3 aliphatic rings. The van der Waals surface area contributed by atoms with Crippen molar-refractivity contribution in [2.24, 2.45) is 5.41 Å². The smallest absolute Gasteiger partial charge is 0.244 e. The lowest BCUT2D eigenvalue weighted by Gasteiger charge is -2.33. The minimum absolute atomic E-state index is 0.00829. The maximum Gasteiger partial charge on any atom is 0.244 e. The van der Waals surface area contributed by atoms with Crippen molar-refractivity contribution in [1.82, 2.24) is 25.0 Å². The van der Waals surface area contributed by atoms with Gasteiger partial charge in [-0.15, -0.1) is 0 Å². The highest BCUT2D eigenvalue weighted by atomic mass is 32.2. The second-order valence-corrected chi connectivity index (χ2v) is 13.5. The van der Waals surface area contributed by atoms with Gasteiger partial charge in [0, 0.05) is 47.7 Å². The number of benzene rings is 1. The molecule has 0 radical (unpaired) electrons. The van der Waals surface area contributed by atoms with Gasteiger partial charge < -0.3 is 20.7 Å². The van der Waals surface area contributed by atoms with Gasteiger partial charge in [0.15, 0.2) is 0 Å². The van der Waals surface area contributed by atoms with Crippen LogP contribution in [0.5, 0.6) is 5.75 Å². The van der Waals surface area contributed by atoms with Gasteiger partial charge in [0.05, 0.1) is 6.54 Å². The van der Waals surface area contributed by atoms with Gasteiger partial charge in [0.1, 0.15) is 35.2 Å². The zero-order valence-corrected chi connectivity index (χ0v) is 23.9. The summed E-state index contributed by atoms with van der Waals surface area (Å²) in [6.45, 7) is 7.70. The Morgan fingerprint density at radius 3 is 2.90 bits per heavy atom. The standard InChI is InChI=1S/C29H37N7O3S/c1-29(2)8-7-24-23(14-29)28(34-18-33-24)36-10-11-39-25-6-5-19(12-21(25)17-36)20-13-26(27(30)32-15-20)40(37,38)35-16-22-4-3-9-31-22/h5-6,12-13,15,18,22,31,35H,3-4,7-11,14,16-17H2,1-2H3,(H2,30,32)/t22-/m0/s1. The fourth-order valence-corrected chi connectivity index (χ4v) is 7.12. The van der Waals surface area contributed by atoms with Crippen LogP contribution in [0.15, 0.2) is 41.7 Å². The predicted octanol–water partition coefficient (Wildman–Crippen LogP) is 3.07. The van der Waals surface area contributed by atoms with Crippen LogP contribution >= 0.6 is 0 Å². The van der Waals surface area contributed by atoms with Crippen LogP contribution in [0.1, 0.15) is 49.9 Å². The number of nitrogen functional groups attached to an aromatic ring is 1. The number of sulfonamides is 1. The van der Waals surface area contributed by atoms with E-state index in [1.807, 2.05) is 18.2 Å². The van der Waals surface area contributed by atoms with Gasteiger partial charge in [0.2, 0.25) is 10.0 Å². The molecular weight excluding hydrogens is 526 g/mol. The molecule has 1 aliphatic carbocycles. The van der Waals surface area contributed by atoms with E-state index in [1.54, 1.807) is 18.6 Å². The molecule has 6 rings (SSSR count). The number of pyridine rings is 1. The van der Waals surface area contributed by atoms with Gasteiger partial charge in [-0.1, -0.05) is 19.9 Å². The molecule has 1 aromatic carbocycles. The largest absolute Gasteiger partial charge is 0.491 e. The van der Waals surface area contributed by atoms with Crippen molar-refractivity contribution in [1.29, 1.82) is 0 Å². The first kappa shape index (κ1) is 26.9. The molecule has 2 aromatic heterocycles. The first-order valence-corrected chi connectivity index (χ1v) is 15.5. The monoisotopic (exact) mass is 563 g/mol. The summed E-state index contributed by atoms with van der Waals surface area (Å²) in [5.41, 5.74) is 11.1. The minimum Gasteiger partial charge on any atom is -0.491 e. The molecular formula is C29H37N7O3S. The van der Waals surface area contributed by atoms with Crippen molar-refractivity contribution in [2.75, 3.05) is 36.9 Å². The number of hydrogen-bond donors (Lipinski definition) is 3. The van der Waals surface area contributed by atoms with Gasteiger partial charge in [-0.2, -0.15) is 0 Å². The number of fused-ring (bicyclic) bond motifs is 2. The lowest BCUT2D eigenvalue weighted by Crippen LogP contribution is -2.37. The van der Waals surface area contributed by atoms with Crippen molar-refractivity contribution in [3.05, 3.63) is 53.6 Å². The second kappa shape index (κ2) is 10.6. The number of aromatic nitrogens is 3. The van der Waals surface area contributed by atoms with Gasteiger partial charge in [0.25, 0.3) is 0 Å². The number of anilines is 2. The highest BCUT2D eigenvalue weighted by Crippen LogP contribution is 2.39. The van der Waals surface area contributed by atoms with Crippen molar-refractivity contribution in [3.8, 4) is 16.9 Å². The van der Waals surface area contributed by atoms with E-state index >= 15 is 0 Å². The number of nitrogens with one attached hydrogen (secondary N) is 2. The molecule has 0 bridgehead atoms. The lowest BCUT2D eigenvalue weighted by molar-refractivity contribution is 0.310. The Bertz CT molecular complexity index is 1520. The van der Waals surface area contributed by atoms with E-state index in [-0.39, 0.29) is 22.2 Å². The maximum absolute atomic E-state index is 13.1. The molecule has 1 saturated heterocycles. The Labute approximate surface area is 235 Å². The summed E-state index contributed by atoms with van der Waals surface area (Å²) in [6, 6.07) is 7.66. The first-order chi connectivity index (χ1) is 19.2. The fraction of sp³-hybridized carbons (Fsp3) is 0.483. The van der Waals surface area contributed by atoms with E-state index in [0.717, 1.165) is 67.0 Å². The molecule has 0 unspecified atom stereocenters. The third-order valence-corrected chi connectivity index (χ3v) is 9.69. The third kappa shape index (κ3) is 5.50. The Morgan fingerprint density at radius 1 is 1.20 bits per heavy atom. The van der Waals surface area contributed by atoms with E-state index in [9.17, 15) is 8.42 Å². The first-order valence-electron chi connectivity index (χ1n) is 14.0. The molecule has 0 saturated carbocycles. The lowest BCUT2D eigenvalue weighted by atomic mass is 9.76. The number of nitrogens with zero attached hydrogens (tertiary/aromatic N) is 4. The van der Waals surface area contributed by atoms with Gasteiger partial charge in [-0.25, -0.2) is 28.1 Å². The molecule has 1 atom stereocenters. The van der Waals surface area contributed by atoms with Crippen LogP contribution in [0.3, 0.4) is 0 Å². The van der Waals surface area contributed by atoms with Crippen LogP contribution in [0, 0.1) is 5.41 Å². The number of hydrogen-bond acceptors (Lipinski definition) is 9. The molecule has 1 fully saturated rings. The molecule has 11 heteroatoms. The Hall–Kier alpha value is -3.28. The van der Waals surface area contributed by atoms with Gasteiger partial charge >= 0.3 is 0 Å². The molecule has 4 heterocycles. The van der Waals surface area contributed by atoms with Crippen LogP contribution in [0.2, 0.25) is 0 Å². The number of rotatable bonds is 6. The highest BCUT2D eigenvalue weighted by molar-refractivity contribution is 7.89. The molecule has 10 nitrogen and oxygen atoms in total. The number of ether oxygens (including phenoxy) is 1. The minimum atomic E-state index is -3.82. The van der Waals surface area contributed by atoms with Crippen LogP contribution in [0.25, 0.3) is 11.1 Å². The summed E-state index contributed by atoms with van der Waals surface area (Å²) in [5.74, 6) is 1.78. The molecule has 2 aliphatic heterocycles. The number of aryl methyl sites for hydroxylation is 1. The average Bonchev–Trinajstić information content (AvgIpc) is 3.37. The molecule has 212 valence electrons. The normalized spacial score (nSPS) is 20.4. The van der Waals surface area contributed by atoms with Gasteiger partial charge in [-0.3, -0.25) is 0 Å². The topological polar surface area (TPSA) is 135 Å². The van der Waals surface area contributed by atoms with Crippen LogP contribution < -0.4 is 25.4 Å². The predicted molar refractivity (Wildman–Crippen MR) is 155 cm³/mol. The summed E-state index contributed by atoms with van der Waals surface area (Å²) in [6.07, 6.45) is 8.31. The summed E-state index contributed by atoms with van der Waals surface area (Å²) >= 11 is 0. The summed E-state index contributed by atoms with van der Waals surface area (Å²) in [4.78, 5) is 15.8. The molecule has 40 heavy (non-hydrogen) atoms. The van der Waals surface area contributed by atoms with Crippen LogP contribution in [-0.4, -0.2) is 55.7 Å². The summed E-state index contributed by atoms with van der Waals surface area (Å²) < 4.78 is 35.1. The molecule has 0 amide bonds. The van der Waals surface area contributed by atoms with E-state index in [4.69, 9.17) is 15.5 Å². The quantitative estimate of drug-likeness (QED) is 0.413. The number of nitrogens with two attached hydrogens (primary N) is 1. The summed E-state index contributed by atoms with van der Waals surface area (Å²) in [7, 11) is -3.82. The van der Waals surface area contributed by atoms with Crippen LogP contribution in [0.4, 0.5) is 11.6 Å². The van der Waals surface area contributed by atoms with E-state index < -0.39 is 10.0 Å². The van der Waals surface area contributed by atoms with E-state index in [2.05, 4.69) is 38.8 Å². The summed E-state index contributed by atoms with van der Waals surface area (Å²) in [5, 5.41) is 3.30. The Balaban J connectivity index is 1.28. The van der Waals surface area contributed by atoms with Crippen molar-refractivity contribution < 1.29 is 13.2 Å². The SMILES string of the molecule is CC1(C)CCc2ncnc(N3CCOc4ccc(-c5cnc(N)c(S(=O)(=O)NC[C@@H]6CCCN6)c5)cc4C3)c2C1. The van der Waals surface area contributed by atoms with Crippen LogP contribution in [-0.2, 0) is 29.4 Å². The Morgan fingerprint density at radius 2 is 2.08 bits per heavy atom. The van der Waals surface area contributed by atoms with E-state index in [1.165, 1.54) is 5.56 Å².